The van der Waals surface area contributed by atoms with Gasteiger partial charge < -0.3 is 0 Å². The van der Waals surface area contributed by atoms with Crippen LogP contribution >= 0.6 is 34.2 Å². The minimum Gasteiger partial charge on any atom is -0.268 e. The summed E-state index contributed by atoms with van der Waals surface area (Å²) in [6.45, 7) is 4.27. The molecule has 0 aliphatic heterocycles. The number of halogens is 2. The van der Waals surface area contributed by atoms with Gasteiger partial charge in [-0.15, -0.1) is 0 Å². The van der Waals surface area contributed by atoms with Crippen LogP contribution in [-0.4, -0.2) is 14.5 Å². The quantitative estimate of drug-likeness (QED) is 0.149. The average Bonchev–Trinajstić information content (AvgIpc) is 2.79. The van der Waals surface area contributed by atoms with Gasteiger partial charge in [-0.3, -0.25) is 19.5 Å². The zero-order chi connectivity index (χ0) is 23.7. The summed E-state index contributed by atoms with van der Waals surface area (Å²) in [6.07, 6.45) is 3.63. The molecule has 0 N–H and O–H groups in total. The number of rotatable bonds is 5. The van der Waals surface area contributed by atoms with Crippen molar-refractivity contribution in [3.8, 4) is 5.69 Å². The topological polar surface area (TPSA) is 78.0 Å². The Morgan fingerprint density at radius 3 is 2.42 bits per heavy atom. The molecule has 0 saturated heterocycles. The van der Waals surface area contributed by atoms with Gasteiger partial charge in [-0.25, -0.2) is 4.98 Å². The molecule has 1 heterocycles. The van der Waals surface area contributed by atoms with Crippen LogP contribution in [0.5, 0.6) is 0 Å². The summed E-state index contributed by atoms with van der Waals surface area (Å²) in [4.78, 5) is 28.8. The van der Waals surface area contributed by atoms with Crippen LogP contribution < -0.4 is 5.56 Å². The number of nitro groups is 1. The van der Waals surface area contributed by atoms with Crippen molar-refractivity contribution in [2.75, 3.05) is 0 Å². The molecule has 0 unspecified atom stereocenters. The van der Waals surface area contributed by atoms with Crippen molar-refractivity contribution in [3.63, 3.8) is 0 Å². The van der Waals surface area contributed by atoms with Gasteiger partial charge >= 0.3 is 0 Å². The average molecular weight is 572 g/mol. The van der Waals surface area contributed by atoms with Crippen LogP contribution in [0.1, 0.15) is 36.7 Å². The Morgan fingerprint density at radius 1 is 1.06 bits per heavy atom. The van der Waals surface area contributed by atoms with E-state index in [1.54, 1.807) is 18.2 Å². The molecule has 0 saturated carbocycles. The molecule has 0 aliphatic carbocycles. The number of benzene rings is 3. The van der Waals surface area contributed by atoms with Crippen molar-refractivity contribution in [1.29, 1.82) is 0 Å². The fourth-order valence-corrected chi connectivity index (χ4v) is 4.22. The van der Waals surface area contributed by atoms with E-state index in [2.05, 4.69) is 48.6 Å². The highest BCUT2D eigenvalue weighted by Gasteiger charge is 2.17. The maximum absolute atomic E-state index is 13.5. The Kier molecular flexibility index (Phi) is 6.62. The number of nitro benzene ring substituents is 1. The highest BCUT2D eigenvalue weighted by molar-refractivity contribution is 14.1. The monoisotopic (exact) mass is 571 g/mol. The highest BCUT2D eigenvalue weighted by atomic mass is 127. The molecule has 0 bridgehead atoms. The fraction of sp³-hybridized carbons (Fsp3) is 0.120. The molecule has 1 aromatic heterocycles. The zero-order valence-corrected chi connectivity index (χ0v) is 20.7. The van der Waals surface area contributed by atoms with Gasteiger partial charge in [0, 0.05) is 15.7 Å². The lowest BCUT2D eigenvalue weighted by Crippen LogP contribution is -2.22. The van der Waals surface area contributed by atoms with Crippen molar-refractivity contribution < 1.29 is 4.92 Å². The lowest BCUT2D eigenvalue weighted by Gasteiger charge is -2.13. The maximum atomic E-state index is 13.5. The molecule has 33 heavy (non-hydrogen) atoms. The van der Waals surface area contributed by atoms with Crippen LogP contribution in [-0.2, 0) is 0 Å². The lowest BCUT2D eigenvalue weighted by atomic mass is 10.0. The minimum atomic E-state index is -0.527. The Hall–Kier alpha value is -3.04. The summed E-state index contributed by atoms with van der Waals surface area (Å²) in [7, 11) is 0. The number of hydrogen-bond acceptors (Lipinski definition) is 4. The molecule has 0 radical (unpaired) electrons. The van der Waals surface area contributed by atoms with Gasteiger partial charge in [0.05, 0.1) is 26.5 Å². The number of hydrogen-bond donors (Lipinski definition) is 0. The molecule has 4 rings (SSSR count). The number of non-ortho nitro benzene ring substituents is 1. The zero-order valence-electron chi connectivity index (χ0n) is 17.8. The number of nitrogens with zero attached hydrogens (tertiary/aromatic N) is 3. The SMILES string of the molecule is CC(C)c1ccc(/C=C/c2nc3ccc(I)cc3c(=O)n2-c2ccc([N+](=O)[O-])cc2Cl)cc1. The summed E-state index contributed by atoms with van der Waals surface area (Å²) in [6, 6.07) is 17.6. The molecule has 0 spiro atoms. The largest absolute Gasteiger partial charge is 0.271 e. The van der Waals surface area contributed by atoms with Gasteiger partial charge in [0.15, 0.2) is 0 Å². The summed E-state index contributed by atoms with van der Waals surface area (Å²) >= 11 is 8.52. The van der Waals surface area contributed by atoms with E-state index in [1.807, 2.05) is 24.3 Å². The Labute approximate surface area is 208 Å². The molecule has 166 valence electrons. The second kappa shape index (κ2) is 9.44. The summed E-state index contributed by atoms with van der Waals surface area (Å²) in [5.74, 6) is 0.805. The second-order valence-corrected chi connectivity index (χ2v) is 9.47. The highest BCUT2D eigenvalue weighted by Crippen LogP contribution is 2.27. The molecule has 4 aromatic rings. The van der Waals surface area contributed by atoms with Gasteiger partial charge in [-0.2, -0.15) is 0 Å². The molecular weight excluding hydrogens is 553 g/mol. The summed E-state index contributed by atoms with van der Waals surface area (Å²) in [5.41, 5.74) is 2.63. The third-order valence-corrected chi connectivity index (χ3v) is 6.24. The van der Waals surface area contributed by atoms with Crippen molar-refractivity contribution in [2.45, 2.75) is 19.8 Å². The predicted octanol–water partition coefficient (Wildman–Crippen LogP) is 6.85. The van der Waals surface area contributed by atoms with Crippen LogP contribution in [0.3, 0.4) is 0 Å². The normalized spacial score (nSPS) is 11.5. The molecule has 0 aliphatic rings. The number of fused-ring (bicyclic) bond motifs is 1. The summed E-state index contributed by atoms with van der Waals surface area (Å²) < 4.78 is 2.29. The van der Waals surface area contributed by atoms with Crippen molar-refractivity contribution in [2.24, 2.45) is 0 Å². The van der Waals surface area contributed by atoms with Crippen LogP contribution in [0.15, 0.2) is 65.5 Å². The number of aromatic nitrogens is 2. The smallest absolute Gasteiger partial charge is 0.268 e. The first-order chi connectivity index (χ1) is 15.7. The Bertz CT molecular complexity index is 1460. The molecule has 0 amide bonds. The third-order valence-electron chi connectivity index (χ3n) is 5.27. The first-order valence-corrected chi connectivity index (χ1v) is 11.6. The molecule has 8 heteroatoms. The van der Waals surface area contributed by atoms with Gasteiger partial charge in [0.2, 0.25) is 0 Å². The van der Waals surface area contributed by atoms with Gasteiger partial charge in [0.25, 0.3) is 11.2 Å². The summed E-state index contributed by atoms with van der Waals surface area (Å²) in [5, 5.41) is 11.7. The van der Waals surface area contributed by atoms with Crippen LogP contribution in [0.4, 0.5) is 5.69 Å². The maximum Gasteiger partial charge on any atom is 0.271 e. The predicted molar refractivity (Wildman–Crippen MR) is 141 cm³/mol. The van der Waals surface area contributed by atoms with E-state index < -0.39 is 4.92 Å². The van der Waals surface area contributed by atoms with E-state index in [0.717, 1.165) is 9.13 Å². The van der Waals surface area contributed by atoms with E-state index in [9.17, 15) is 14.9 Å². The van der Waals surface area contributed by atoms with Crippen molar-refractivity contribution in [3.05, 3.63) is 107 Å². The van der Waals surface area contributed by atoms with Crippen LogP contribution in [0.2, 0.25) is 5.02 Å². The first-order valence-electron chi connectivity index (χ1n) is 10.2. The molecule has 0 fully saturated rings. The van der Waals surface area contributed by atoms with E-state index in [4.69, 9.17) is 16.6 Å². The van der Waals surface area contributed by atoms with E-state index >= 15 is 0 Å². The van der Waals surface area contributed by atoms with Crippen LogP contribution in [0.25, 0.3) is 28.7 Å². The Balaban J connectivity index is 1.90. The van der Waals surface area contributed by atoms with Crippen molar-refractivity contribution in [1.82, 2.24) is 9.55 Å². The molecule has 6 nitrogen and oxygen atoms in total. The fourth-order valence-electron chi connectivity index (χ4n) is 3.47. The molecule has 0 atom stereocenters. The van der Waals surface area contributed by atoms with Gasteiger partial charge in [0.1, 0.15) is 5.82 Å². The Morgan fingerprint density at radius 2 is 1.79 bits per heavy atom. The van der Waals surface area contributed by atoms with Gasteiger partial charge in [-0.1, -0.05) is 55.8 Å². The van der Waals surface area contributed by atoms with E-state index in [0.29, 0.717) is 28.3 Å². The molecular formula is C25H19ClIN3O3. The standard InChI is InChI=1S/C25H19ClIN3O3/c1-15(2)17-6-3-16(4-7-17)5-12-24-28-22-10-8-18(27)13-20(22)25(31)29(24)23-11-9-19(30(32)33)14-21(23)26/h3-15H,1-2H3/b12-5+. The van der Waals surface area contributed by atoms with Crippen molar-refractivity contribution >= 4 is 62.9 Å². The van der Waals surface area contributed by atoms with E-state index in [-0.39, 0.29) is 16.3 Å². The first kappa shape index (κ1) is 23.1. The van der Waals surface area contributed by atoms with E-state index in [1.165, 1.54) is 28.3 Å². The third kappa shape index (κ3) is 4.84. The van der Waals surface area contributed by atoms with Crippen LogP contribution in [0, 0.1) is 13.7 Å². The molecule has 3 aromatic carbocycles. The lowest BCUT2D eigenvalue weighted by molar-refractivity contribution is -0.384. The van der Waals surface area contributed by atoms with Gasteiger partial charge in [-0.05, 0) is 70.0 Å². The minimum absolute atomic E-state index is 0.0917. The second-order valence-electron chi connectivity index (χ2n) is 7.82.